The van der Waals surface area contributed by atoms with Crippen molar-refractivity contribution in [2.45, 2.75) is 25.8 Å². The van der Waals surface area contributed by atoms with E-state index in [1.165, 1.54) is 0 Å². The third kappa shape index (κ3) is 4.55. The van der Waals surface area contributed by atoms with Crippen molar-refractivity contribution in [2.75, 3.05) is 18.4 Å². The van der Waals surface area contributed by atoms with Crippen molar-refractivity contribution < 1.29 is 4.79 Å². The van der Waals surface area contributed by atoms with Crippen LogP contribution in [0.25, 0.3) is 0 Å². The molecular formula is C20H23ClN4O. The van der Waals surface area contributed by atoms with E-state index in [1.54, 1.807) is 0 Å². The number of hydrogen-bond donors (Lipinski definition) is 3. The number of para-hydroxylation sites is 1. The second kappa shape index (κ2) is 8.72. The van der Waals surface area contributed by atoms with Crippen LogP contribution in [0.5, 0.6) is 0 Å². The molecule has 0 aliphatic carbocycles. The van der Waals surface area contributed by atoms with E-state index in [2.05, 4.69) is 27.0 Å². The predicted octanol–water partition coefficient (Wildman–Crippen LogP) is 3.52. The highest BCUT2D eigenvalue weighted by molar-refractivity contribution is 6.31. The van der Waals surface area contributed by atoms with E-state index in [9.17, 15) is 4.79 Å². The Morgan fingerprint density at radius 2 is 1.96 bits per heavy atom. The minimum atomic E-state index is 0.0495. The SMILES string of the molecule is CCNC(=NCc1ccccc1Cl)NCC1CC(=O)Nc2ccccc21. The Labute approximate surface area is 158 Å². The fourth-order valence-corrected chi connectivity index (χ4v) is 3.23. The van der Waals surface area contributed by atoms with Crippen molar-refractivity contribution in [3.8, 4) is 0 Å². The van der Waals surface area contributed by atoms with Crippen LogP contribution in [0, 0.1) is 0 Å². The van der Waals surface area contributed by atoms with Gasteiger partial charge in [-0.05, 0) is 30.2 Å². The predicted molar refractivity (Wildman–Crippen MR) is 107 cm³/mol. The van der Waals surface area contributed by atoms with Crippen molar-refractivity contribution in [2.24, 2.45) is 4.99 Å². The Morgan fingerprint density at radius 3 is 2.77 bits per heavy atom. The first-order valence-corrected chi connectivity index (χ1v) is 9.19. The summed E-state index contributed by atoms with van der Waals surface area (Å²) in [5.74, 6) is 0.883. The molecule has 26 heavy (non-hydrogen) atoms. The maximum atomic E-state index is 12.0. The molecule has 1 aliphatic rings. The van der Waals surface area contributed by atoms with Crippen molar-refractivity contribution >= 4 is 29.2 Å². The molecule has 0 fully saturated rings. The normalized spacial score (nSPS) is 16.6. The monoisotopic (exact) mass is 370 g/mol. The maximum Gasteiger partial charge on any atom is 0.225 e. The summed E-state index contributed by atoms with van der Waals surface area (Å²) in [5.41, 5.74) is 3.03. The molecule has 0 spiro atoms. The zero-order valence-corrected chi connectivity index (χ0v) is 15.5. The van der Waals surface area contributed by atoms with E-state index >= 15 is 0 Å². The Kier molecular flexibility index (Phi) is 6.12. The average molecular weight is 371 g/mol. The largest absolute Gasteiger partial charge is 0.357 e. The minimum Gasteiger partial charge on any atom is -0.357 e. The number of anilines is 1. The van der Waals surface area contributed by atoms with Gasteiger partial charge in [0.1, 0.15) is 0 Å². The lowest BCUT2D eigenvalue weighted by Crippen LogP contribution is -2.40. The minimum absolute atomic E-state index is 0.0495. The van der Waals surface area contributed by atoms with Crippen LogP contribution in [-0.4, -0.2) is 25.0 Å². The van der Waals surface area contributed by atoms with Crippen LogP contribution in [0.15, 0.2) is 53.5 Å². The van der Waals surface area contributed by atoms with Gasteiger partial charge in [0.15, 0.2) is 5.96 Å². The molecule has 0 radical (unpaired) electrons. The summed E-state index contributed by atoms with van der Waals surface area (Å²) in [4.78, 5) is 16.6. The molecule has 0 saturated carbocycles. The highest BCUT2D eigenvalue weighted by Gasteiger charge is 2.24. The third-order valence-corrected chi connectivity index (χ3v) is 4.70. The van der Waals surface area contributed by atoms with Gasteiger partial charge in [-0.25, -0.2) is 4.99 Å². The highest BCUT2D eigenvalue weighted by atomic mass is 35.5. The molecule has 0 aromatic heterocycles. The molecule has 136 valence electrons. The highest BCUT2D eigenvalue weighted by Crippen LogP contribution is 2.31. The molecule has 2 aromatic carbocycles. The van der Waals surface area contributed by atoms with Crippen LogP contribution in [0.1, 0.15) is 30.4 Å². The van der Waals surface area contributed by atoms with E-state index in [1.807, 2.05) is 49.4 Å². The number of nitrogens with one attached hydrogen (secondary N) is 3. The molecule has 1 unspecified atom stereocenters. The Hall–Kier alpha value is -2.53. The van der Waals surface area contributed by atoms with Crippen molar-refractivity contribution in [1.29, 1.82) is 0 Å². The lowest BCUT2D eigenvalue weighted by atomic mass is 9.90. The number of halogens is 1. The number of benzene rings is 2. The lowest BCUT2D eigenvalue weighted by Gasteiger charge is -2.26. The summed E-state index contributed by atoms with van der Waals surface area (Å²) < 4.78 is 0. The number of rotatable bonds is 5. The van der Waals surface area contributed by atoms with Gasteiger partial charge in [0.25, 0.3) is 0 Å². The topological polar surface area (TPSA) is 65.5 Å². The van der Waals surface area contributed by atoms with Gasteiger partial charge in [-0.2, -0.15) is 0 Å². The van der Waals surface area contributed by atoms with Gasteiger partial charge < -0.3 is 16.0 Å². The zero-order chi connectivity index (χ0) is 18.4. The molecular weight excluding hydrogens is 348 g/mol. The summed E-state index contributed by atoms with van der Waals surface area (Å²) in [6.07, 6.45) is 0.466. The van der Waals surface area contributed by atoms with E-state index < -0.39 is 0 Å². The van der Waals surface area contributed by atoms with E-state index in [0.717, 1.165) is 29.3 Å². The number of amides is 1. The first kappa shape index (κ1) is 18.3. The van der Waals surface area contributed by atoms with Gasteiger partial charge in [-0.3, -0.25) is 4.79 Å². The number of carbonyl (C=O) groups is 1. The van der Waals surface area contributed by atoms with Crippen LogP contribution >= 0.6 is 11.6 Å². The molecule has 6 heteroatoms. The second-order valence-electron chi connectivity index (χ2n) is 6.20. The molecule has 5 nitrogen and oxygen atoms in total. The fourth-order valence-electron chi connectivity index (χ4n) is 3.04. The Morgan fingerprint density at radius 1 is 1.19 bits per heavy atom. The van der Waals surface area contributed by atoms with E-state index in [0.29, 0.717) is 24.5 Å². The molecule has 1 amide bonds. The number of guanidine groups is 1. The molecule has 3 rings (SSSR count). The molecule has 0 bridgehead atoms. The number of carbonyl (C=O) groups excluding carboxylic acids is 1. The van der Waals surface area contributed by atoms with Gasteiger partial charge in [-0.15, -0.1) is 0 Å². The average Bonchev–Trinajstić information content (AvgIpc) is 2.64. The number of nitrogens with zero attached hydrogens (tertiary/aromatic N) is 1. The zero-order valence-electron chi connectivity index (χ0n) is 14.8. The molecule has 1 aliphatic heterocycles. The first-order chi connectivity index (χ1) is 12.7. The number of hydrogen-bond acceptors (Lipinski definition) is 2. The van der Waals surface area contributed by atoms with Crippen molar-refractivity contribution in [3.63, 3.8) is 0 Å². The molecule has 2 aromatic rings. The summed E-state index contributed by atoms with van der Waals surface area (Å²) in [6.45, 7) is 3.92. The molecule has 3 N–H and O–H groups in total. The van der Waals surface area contributed by atoms with Crippen molar-refractivity contribution in [1.82, 2.24) is 10.6 Å². The van der Waals surface area contributed by atoms with Gasteiger partial charge >= 0.3 is 0 Å². The van der Waals surface area contributed by atoms with Crippen LogP contribution in [0.3, 0.4) is 0 Å². The van der Waals surface area contributed by atoms with Gasteiger partial charge in [0.2, 0.25) is 5.91 Å². The summed E-state index contributed by atoms with van der Waals surface area (Å²) >= 11 is 6.20. The Bertz CT molecular complexity index is 806. The summed E-state index contributed by atoms with van der Waals surface area (Å²) in [5, 5.41) is 10.2. The first-order valence-electron chi connectivity index (χ1n) is 8.81. The van der Waals surface area contributed by atoms with Crippen LogP contribution in [0.2, 0.25) is 5.02 Å². The van der Waals surface area contributed by atoms with Crippen LogP contribution < -0.4 is 16.0 Å². The van der Waals surface area contributed by atoms with Gasteiger partial charge in [0.05, 0.1) is 6.54 Å². The van der Waals surface area contributed by atoms with Crippen LogP contribution in [0.4, 0.5) is 5.69 Å². The Balaban J connectivity index is 1.68. The van der Waals surface area contributed by atoms with Crippen LogP contribution in [-0.2, 0) is 11.3 Å². The van der Waals surface area contributed by atoms with Gasteiger partial charge in [-0.1, -0.05) is 48.0 Å². The number of aliphatic imine (C=N–C) groups is 1. The van der Waals surface area contributed by atoms with E-state index in [4.69, 9.17) is 11.6 Å². The maximum absolute atomic E-state index is 12.0. The molecule has 1 heterocycles. The fraction of sp³-hybridized carbons (Fsp3) is 0.300. The summed E-state index contributed by atoms with van der Waals surface area (Å²) in [6, 6.07) is 15.6. The molecule has 1 atom stereocenters. The standard InChI is InChI=1S/C20H23ClN4O/c1-2-22-20(23-12-14-7-3-5-9-17(14)21)24-13-15-11-19(26)25-18-10-6-4-8-16(15)18/h3-10,15H,2,11-13H2,1H3,(H,25,26)(H2,22,23,24). The van der Waals surface area contributed by atoms with Gasteiger partial charge in [0, 0.05) is 36.1 Å². The second-order valence-corrected chi connectivity index (χ2v) is 6.61. The molecule has 0 saturated heterocycles. The summed E-state index contributed by atoms with van der Waals surface area (Å²) in [7, 11) is 0. The smallest absolute Gasteiger partial charge is 0.225 e. The quantitative estimate of drug-likeness (QED) is 0.557. The van der Waals surface area contributed by atoms with Crippen molar-refractivity contribution in [3.05, 3.63) is 64.7 Å². The lowest BCUT2D eigenvalue weighted by molar-refractivity contribution is -0.116. The third-order valence-electron chi connectivity index (χ3n) is 4.33. The number of fused-ring (bicyclic) bond motifs is 1. The van der Waals surface area contributed by atoms with E-state index in [-0.39, 0.29) is 11.8 Å².